The molecule has 61 heavy (non-hydrogen) atoms. The van der Waals surface area contributed by atoms with Gasteiger partial charge in [-0.2, -0.15) is 0 Å². The van der Waals surface area contributed by atoms with E-state index in [9.17, 15) is 19.2 Å². The summed E-state index contributed by atoms with van der Waals surface area (Å²) in [4.78, 5) is 60.2. The van der Waals surface area contributed by atoms with Crippen LogP contribution >= 0.6 is 23.2 Å². The molecule has 4 heterocycles. The zero-order valence-electron chi connectivity index (χ0n) is 32.9. The number of pyridine rings is 2. The van der Waals surface area contributed by atoms with Gasteiger partial charge in [-0.05, 0) is 93.1 Å². The Kier molecular flexibility index (Phi) is 12.0. The van der Waals surface area contributed by atoms with Crippen LogP contribution in [0.3, 0.4) is 0 Å². The number of nitrogens with zero attached hydrogens (tertiary/aromatic N) is 6. The highest BCUT2D eigenvalue weighted by atomic mass is 35.5. The quantitative estimate of drug-likeness (QED) is 0.167. The van der Waals surface area contributed by atoms with Gasteiger partial charge in [-0.1, -0.05) is 71.1 Å². The zero-order valence-corrected chi connectivity index (χ0v) is 34.4. The SMILES string of the molecule is CC(C)n1c(=O)n(-c2c(F)cc(C#Cc3cccnc3)cc2Cl)c(=O)c2ccccc21.Cc1cccc2c(=O)n(-c3c(F)cc(C#Cc4cccnc4)cc3Cl)c(=O)n(C)c12. The molecule has 302 valence electrons. The van der Waals surface area contributed by atoms with Gasteiger partial charge in [-0.25, -0.2) is 27.5 Å². The van der Waals surface area contributed by atoms with Gasteiger partial charge in [0.2, 0.25) is 0 Å². The number of halogens is 4. The molecule has 4 aromatic heterocycles. The predicted octanol–water partition coefficient (Wildman–Crippen LogP) is 7.91. The largest absolute Gasteiger partial charge is 0.336 e. The van der Waals surface area contributed by atoms with Gasteiger partial charge in [-0.15, -0.1) is 0 Å². The number of fused-ring (bicyclic) bond motifs is 2. The van der Waals surface area contributed by atoms with Crippen LogP contribution < -0.4 is 22.5 Å². The van der Waals surface area contributed by atoms with Crippen molar-refractivity contribution >= 4 is 45.0 Å². The van der Waals surface area contributed by atoms with Gasteiger partial charge < -0.3 is 0 Å². The van der Waals surface area contributed by atoms with Crippen molar-refractivity contribution in [2.45, 2.75) is 26.8 Å². The Labute approximate surface area is 356 Å². The Bertz CT molecular complexity index is 3370. The molecule has 0 saturated carbocycles. The summed E-state index contributed by atoms with van der Waals surface area (Å²) in [6.45, 7) is 5.43. The maximum Gasteiger partial charge on any atom is 0.336 e. The molecule has 0 unspecified atom stereocenters. The van der Waals surface area contributed by atoms with E-state index in [1.165, 1.54) is 28.3 Å². The van der Waals surface area contributed by atoms with Crippen molar-refractivity contribution in [3.8, 4) is 35.1 Å². The summed E-state index contributed by atoms with van der Waals surface area (Å²) in [5.74, 6) is 9.75. The van der Waals surface area contributed by atoms with E-state index in [-0.39, 0.29) is 27.5 Å². The highest BCUT2D eigenvalue weighted by Gasteiger charge is 2.22. The van der Waals surface area contributed by atoms with Crippen molar-refractivity contribution in [1.82, 2.24) is 28.2 Å². The van der Waals surface area contributed by atoms with Crippen LogP contribution in [0, 0.1) is 42.2 Å². The monoisotopic (exact) mass is 852 g/mol. The van der Waals surface area contributed by atoms with Gasteiger partial charge >= 0.3 is 11.4 Å². The topological polar surface area (TPSA) is 114 Å². The molecular weight excluding hydrogens is 821 g/mol. The second-order valence-corrected chi connectivity index (χ2v) is 14.7. The first-order valence-electron chi connectivity index (χ1n) is 18.6. The molecule has 4 aromatic carbocycles. The molecule has 10 nitrogen and oxygen atoms in total. The number of para-hydroxylation sites is 2. The van der Waals surface area contributed by atoms with E-state index in [1.807, 2.05) is 13.8 Å². The summed E-state index contributed by atoms with van der Waals surface area (Å²) in [6.07, 6.45) is 6.42. The van der Waals surface area contributed by atoms with Crippen LogP contribution in [-0.4, -0.2) is 28.2 Å². The number of hydrogen-bond donors (Lipinski definition) is 0. The molecule has 0 aliphatic carbocycles. The Morgan fingerprint density at radius 3 is 1.61 bits per heavy atom. The highest BCUT2D eigenvalue weighted by Crippen LogP contribution is 2.26. The van der Waals surface area contributed by atoms with Crippen LogP contribution in [0.1, 0.15) is 47.7 Å². The molecule has 0 bridgehead atoms. The summed E-state index contributed by atoms with van der Waals surface area (Å²) in [5.41, 5.74) is 0.509. The zero-order chi connectivity index (χ0) is 43.5. The minimum atomic E-state index is -0.816. The van der Waals surface area contributed by atoms with E-state index < -0.39 is 34.1 Å². The number of rotatable bonds is 3. The van der Waals surface area contributed by atoms with E-state index in [0.29, 0.717) is 44.1 Å². The second-order valence-electron chi connectivity index (χ2n) is 13.9. The van der Waals surface area contributed by atoms with Crippen molar-refractivity contribution in [3.63, 3.8) is 0 Å². The standard InChI is InChI=1S/C24H17ClFN3O2.C23H15ClFN3O2/c1-15(2)28-21-8-4-3-7-18(21)23(30)29(24(28)31)22-19(25)12-17(13-20(22)26)10-9-16-6-5-11-27-14-16;1-14-5-3-7-17-20(14)27(2)23(30)28(22(17)29)21-18(24)11-16(12-19(21)25)9-8-15-6-4-10-26-13-15/h3-8,11-15H,1-2H3;3-7,10-13H,1-2H3. The Morgan fingerprint density at radius 2 is 1.10 bits per heavy atom. The first kappa shape index (κ1) is 41.8. The minimum Gasteiger partial charge on any atom is -0.296 e. The lowest BCUT2D eigenvalue weighted by atomic mass is 10.1. The van der Waals surface area contributed by atoms with Crippen LogP contribution in [-0.2, 0) is 7.05 Å². The highest BCUT2D eigenvalue weighted by molar-refractivity contribution is 6.33. The number of hydrogen-bond acceptors (Lipinski definition) is 6. The molecule has 0 saturated heterocycles. The van der Waals surface area contributed by atoms with Crippen molar-refractivity contribution in [2.24, 2.45) is 7.05 Å². The lowest BCUT2D eigenvalue weighted by Gasteiger charge is -2.17. The summed E-state index contributed by atoms with van der Waals surface area (Å²) in [5, 5.41) is 0.427. The van der Waals surface area contributed by atoms with E-state index in [0.717, 1.165) is 26.8 Å². The van der Waals surface area contributed by atoms with Crippen molar-refractivity contribution < 1.29 is 8.78 Å². The summed E-state index contributed by atoms with van der Waals surface area (Å²) >= 11 is 12.7. The second kappa shape index (κ2) is 17.5. The first-order chi connectivity index (χ1) is 29.3. The van der Waals surface area contributed by atoms with Crippen molar-refractivity contribution in [1.29, 1.82) is 0 Å². The lowest BCUT2D eigenvalue weighted by Crippen LogP contribution is -2.40. The first-order valence-corrected chi connectivity index (χ1v) is 19.3. The van der Waals surface area contributed by atoms with Gasteiger partial charge in [0.05, 0.1) is 31.9 Å². The maximum absolute atomic E-state index is 15.1. The fourth-order valence-corrected chi connectivity index (χ4v) is 7.36. The van der Waals surface area contributed by atoms with Crippen LogP contribution in [0.5, 0.6) is 0 Å². The maximum atomic E-state index is 15.1. The molecule has 0 N–H and O–H groups in total. The summed E-state index contributed by atoms with van der Waals surface area (Å²) in [6, 6.07) is 23.8. The normalized spacial score (nSPS) is 10.8. The lowest BCUT2D eigenvalue weighted by molar-refractivity contribution is 0.559. The van der Waals surface area contributed by atoms with Gasteiger partial charge in [0.1, 0.15) is 23.0 Å². The van der Waals surface area contributed by atoms with Gasteiger partial charge in [0, 0.05) is 60.1 Å². The molecule has 8 aromatic rings. The molecule has 0 radical (unpaired) electrons. The van der Waals surface area contributed by atoms with Gasteiger partial charge in [0.25, 0.3) is 11.1 Å². The van der Waals surface area contributed by atoms with Crippen LogP contribution in [0.25, 0.3) is 33.2 Å². The molecule has 0 amide bonds. The van der Waals surface area contributed by atoms with Gasteiger partial charge in [-0.3, -0.25) is 28.7 Å². The smallest absolute Gasteiger partial charge is 0.296 e. The fourth-order valence-electron chi connectivity index (χ4n) is 6.77. The average Bonchev–Trinajstić information content (AvgIpc) is 3.24. The molecule has 0 fully saturated rings. The molecule has 0 atom stereocenters. The average molecular weight is 854 g/mol. The van der Waals surface area contributed by atoms with Crippen molar-refractivity contribution in [3.05, 3.63) is 207 Å². The molecule has 0 aliphatic rings. The molecule has 8 rings (SSSR count). The fraction of sp³-hybridized carbons (Fsp3) is 0.106. The van der Waals surface area contributed by atoms with E-state index >= 15 is 8.78 Å². The third-order valence-electron chi connectivity index (χ3n) is 9.50. The Hall–Kier alpha value is -7.38. The van der Waals surface area contributed by atoms with E-state index in [4.69, 9.17) is 23.2 Å². The van der Waals surface area contributed by atoms with E-state index in [1.54, 1.807) is 98.4 Å². The van der Waals surface area contributed by atoms with Crippen molar-refractivity contribution in [2.75, 3.05) is 0 Å². The number of aromatic nitrogens is 6. The summed E-state index contributed by atoms with van der Waals surface area (Å²) < 4.78 is 34.5. The van der Waals surface area contributed by atoms with Crippen LogP contribution in [0.4, 0.5) is 8.78 Å². The van der Waals surface area contributed by atoms with Crippen LogP contribution in [0.2, 0.25) is 10.0 Å². The third kappa shape index (κ3) is 8.28. The molecule has 0 aliphatic heterocycles. The Morgan fingerprint density at radius 1 is 0.607 bits per heavy atom. The molecule has 14 heteroatoms. The van der Waals surface area contributed by atoms with Gasteiger partial charge in [0.15, 0.2) is 0 Å². The predicted molar refractivity (Wildman–Crippen MR) is 234 cm³/mol. The minimum absolute atomic E-state index is 0.0831. The summed E-state index contributed by atoms with van der Waals surface area (Å²) in [7, 11) is 1.53. The number of aryl methyl sites for hydroxylation is 2. The molecule has 0 spiro atoms. The van der Waals surface area contributed by atoms with E-state index in [2.05, 4.69) is 33.6 Å². The third-order valence-corrected chi connectivity index (χ3v) is 10.1. The van der Waals surface area contributed by atoms with Crippen LogP contribution in [0.15, 0.2) is 135 Å². The molecular formula is C47H32Cl2F2N6O4. The number of benzene rings is 4. The Balaban J connectivity index is 0.000000184.